The predicted molar refractivity (Wildman–Crippen MR) is 93.4 cm³/mol. The Balaban J connectivity index is 1.56. The standard InChI is InChI=1S/C16H13ClN2O5S/c17-11-5-4-10(7-12(11)19(22)23)18-15(20)8-24-16(21)14-6-9-2-1-3-13(9)25-14/h4-7H,1-3,8H2,(H,18,20). The second-order valence-electron chi connectivity index (χ2n) is 5.46. The number of anilines is 1. The number of nitrogens with one attached hydrogen (secondary N) is 1. The van der Waals surface area contributed by atoms with Crippen molar-refractivity contribution in [2.75, 3.05) is 11.9 Å². The maximum Gasteiger partial charge on any atom is 0.348 e. The van der Waals surface area contributed by atoms with E-state index in [0.717, 1.165) is 25.3 Å². The van der Waals surface area contributed by atoms with Crippen LogP contribution in [0, 0.1) is 10.1 Å². The Labute approximate surface area is 151 Å². The van der Waals surface area contributed by atoms with E-state index in [1.54, 1.807) is 0 Å². The number of halogens is 1. The molecule has 1 aliphatic rings. The van der Waals surface area contributed by atoms with Crippen LogP contribution >= 0.6 is 22.9 Å². The van der Waals surface area contributed by atoms with Crippen LogP contribution in [0.4, 0.5) is 11.4 Å². The highest BCUT2D eigenvalue weighted by atomic mass is 35.5. The maximum atomic E-state index is 12.0. The summed E-state index contributed by atoms with van der Waals surface area (Å²) < 4.78 is 5.00. The van der Waals surface area contributed by atoms with Crippen LogP contribution < -0.4 is 5.32 Å². The van der Waals surface area contributed by atoms with Crippen LogP contribution in [0.3, 0.4) is 0 Å². The third-order valence-corrected chi connectivity index (χ3v) is 5.25. The Morgan fingerprint density at radius 3 is 2.84 bits per heavy atom. The van der Waals surface area contributed by atoms with Gasteiger partial charge in [0, 0.05) is 16.6 Å². The highest BCUT2D eigenvalue weighted by molar-refractivity contribution is 7.14. The summed E-state index contributed by atoms with van der Waals surface area (Å²) in [5, 5.41) is 13.2. The quantitative estimate of drug-likeness (QED) is 0.485. The lowest BCUT2D eigenvalue weighted by molar-refractivity contribution is -0.384. The molecule has 1 aliphatic carbocycles. The van der Waals surface area contributed by atoms with Gasteiger partial charge in [0.25, 0.3) is 11.6 Å². The molecule has 7 nitrogen and oxygen atoms in total. The van der Waals surface area contributed by atoms with Gasteiger partial charge in [-0.1, -0.05) is 11.6 Å². The van der Waals surface area contributed by atoms with Crippen molar-refractivity contribution in [2.24, 2.45) is 0 Å². The Kier molecular flexibility index (Phi) is 5.00. The lowest BCUT2D eigenvalue weighted by Crippen LogP contribution is -2.20. The molecule has 0 bridgehead atoms. The first-order chi connectivity index (χ1) is 11.9. The van der Waals surface area contributed by atoms with Gasteiger partial charge >= 0.3 is 5.97 Å². The summed E-state index contributed by atoms with van der Waals surface area (Å²) in [6.07, 6.45) is 3.05. The van der Waals surface area contributed by atoms with Gasteiger partial charge in [-0.25, -0.2) is 4.79 Å². The van der Waals surface area contributed by atoms with E-state index in [1.165, 1.54) is 33.9 Å². The summed E-state index contributed by atoms with van der Waals surface area (Å²) in [4.78, 5) is 35.7. The van der Waals surface area contributed by atoms with Crippen LogP contribution in [-0.4, -0.2) is 23.4 Å². The highest BCUT2D eigenvalue weighted by Gasteiger charge is 2.20. The van der Waals surface area contributed by atoms with Crippen molar-refractivity contribution in [3.05, 3.63) is 54.7 Å². The first-order valence-corrected chi connectivity index (χ1v) is 8.66. The number of nitro benzene ring substituents is 1. The largest absolute Gasteiger partial charge is 0.451 e. The van der Waals surface area contributed by atoms with Gasteiger partial charge < -0.3 is 10.1 Å². The van der Waals surface area contributed by atoms with E-state index in [4.69, 9.17) is 16.3 Å². The molecule has 25 heavy (non-hydrogen) atoms. The number of benzene rings is 1. The molecule has 1 aromatic carbocycles. The molecule has 0 radical (unpaired) electrons. The number of carbonyl (C=O) groups is 2. The zero-order chi connectivity index (χ0) is 18.0. The SMILES string of the molecule is O=C(COC(=O)c1cc2c(s1)CCC2)Nc1ccc(Cl)c([N+](=O)[O-])c1. The van der Waals surface area contributed by atoms with Crippen molar-refractivity contribution in [3.63, 3.8) is 0 Å². The molecule has 0 spiro atoms. The fourth-order valence-corrected chi connectivity index (χ4v) is 3.89. The minimum absolute atomic E-state index is 0.0276. The van der Waals surface area contributed by atoms with Crippen LogP contribution in [0.1, 0.15) is 26.5 Å². The molecule has 0 atom stereocenters. The van der Waals surface area contributed by atoms with E-state index in [0.29, 0.717) is 4.88 Å². The van der Waals surface area contributed by atoms with E-state index in [1.807, 2.05) is 6.07 Å². The first-order valence-electron chi connectivity index (χ1n) is 7.46. The van der Waals surface area contributed by atoms with E-state index in [9.17, 15) is 19.7 Å². The molecule has 0 saturated heterocycles. The fourth-order valence-electron chi connectivity index (χ4n) is 2.56. The van der Waals surface area contributed by atoms with Gasteiger partial charge in [-0.2, -0.15) is 0 Å². The lowest BCUT2D eigenvalue weighted by atomic mass is 10.2. The number of amides is 1. The molecular weight excluding hydrogens is 368 g/mol. The molecule has 1 aromatic heterocycles. The van der Waals surface area contributed by atoms with E-state index < -0.39 is 23.4 Å². The van der Waals surface area contributed by atoms with Crippen LogP contribution in [0.2, 0.25) is 5.02 Å². The van der Waals surface area contributed by atoms with Crippen molar-refractivity contribution < 1.29 is 19.2 Å². The predicted octanol–water partition coefficient (Wildman–Crippen LogP) is 3.59. The Morgan fingerprint density at radius 2 is 2.12 bits per heavy atom. The monoisotopic (exact) mass is 380 g/mol. The van der Waals surface area contributed by atoms with Crippen molar-refractivity contribution in [1.82, 2.24) is 0 Å². The molecule has 0 aliphatic heterocycles. The van der Waals surface area contributed by atoms with Crippen LogP contribution in [0.5, 0.6) is 0 Å². The minimum Gasteiger partial charge on any atom is -0.451 e. The summed E-state index contributed by atoms with van der Waals surface area (Å²) in [5.41, 5.74) is 1.06. The van der Waals surface area contributed by atoms with Crippen molar-refractivity contribution in [3.8, 4) is 0 Å². The van der Waals surface area contributed by atoms with Crippen molar-refractivity contribution >= 4 is 46.2 Å². The number of rotatable bonds is 5. The first kappa shape index (κ1) is 17.4. The van der Waals surface area contributed by atoms with Crippen molar-refractivity contribution in [1.29, 1.82) is 0 Å². The van der Waals surface area contributed by atoms with Gasteiger partial charge in [-0.15, -0.1) is 11.3 Å². The van der Waals surface area contributed by atoms with Crippen LogP contribution in [-0.2, 0) is 22.4 Å². The fraction of sp³-hybridized carbons (Fsp3) is 0.250. The second kappa shape index (κ2) is 7.20. The topological polar surface area (TPSA) is 98.5 Å². The van der Waals surface area contributed by atoms with E-state index >= 15 is 0 Å². The molecule has 0 fully saturated rings. The molecule has 1 amide bonds. The third-order valence-electron chi connectivity index (χ3n) is 3.71. The Morgan fingerprint density at radius 1 is 1.32 bits per heavy atom. The van der Waals surface area contributed by atoms with Gasteiger partial charge in [0.2, 0.25) is 0 Å². The van der Waals surface area contributed by atoms with Gasteiger partial charge in [0.05, 0.1) is 4.92 Å². The van der Waals surface area contributed by atoms with Gasteiger partial charge in [0.1, 0.15) is 9.90 Å². The van der Waals surface area contributed by atoms with Crippen molar-refractivity contribution in [2.45, 2.75) is 19.3 Å². The average molecular weight is 381 g/mol. The molecule has 2 aromatic rings. The minimum atomic E-state index is -0.645. The number of thiophene rings is 1. The summed E-state index contributed by atoms with van der Waals surface area (Å²) in [6.45, 7) is -0.474. The molecule has 0 saturated carbocycles. The van der Waals surface area contributed by atoms with E-state index in [-0.39, 0.29) is 16.4 Å². The number of esters is 1. The third kappa shape index (κ3) is 3.97. The molecule has 130 valence electrons. The van der Waals surface area contributed by atoms with Gasteiger partial charge in [-0.3, -0.25) is 14.9 Å². The lowest BCUT2D eigenvalue weighted by Gasteiger charge is -2.06. The maximum absolute atomic E-state index is 12.0. The molecule has 1 N–H and O–H groups in total. The number of nitrogens with zero attached hydrogens (tertiary/aromatic N) is 1. The van der Waals surface area contributed by atoms with Crippen LogP contribution in [0.25, 0.3) is 0 Å². The molecular formula is C16H13ClN2O5S. The summed E-state index contributed by atoms with van der Waals surface area (Å²) in [6, 6.07) is 5.70. The average Bonchev–Trinajstić information content (AvgIpc) is 3.16. The van der Waals surface area contributed by atoms with Gasteiger partial charge in [0.15, 0.2) is 6.61 Å². The highest BCUT2D eigenvalue weighted by Crippen LogP contribution is 2.31. The summed E-state index contributed by atoms with van der Waals surface area (Å²) >= 11 is 7.10. The number of hydrogen-bond acceptors (Lipinski definition) is 6. The molecule has 9 heteroatoms. The zero-order valence-corrected chi connectivity index (χ0v) is 14.5. The Bertz CT molecular complexity index is 843. The second-order valence-corrected chi connectivity index (χ2v) is 7.00. The number of hydrogen-bond donors (Lipinski definition) is 1. The smallest absolute Gasteiger partial charge is 0.348 e. The van der Waals surface area contributed by atoms with Gasteiger partial charge in [-0.05, 0) is 43.0 Å². The summed E-state index contributed by atoms with van der Waals surface area (Å²) in [5.74, 6) is -1.13. The Hall–Kier alpha value is -2.45. The number of fused-ring (bicyclic) bond motifs is 1. The normalized spacial score (nSPS) is 12.5. The zero-order valence-electron chi connectivity index (χ0n) is 12.9. The van der Waals surface area contributed by atoms with E-state index in [2.05, 4.69) is 5.32 Å². The summed E-state index contributed by atoms with van der Waals surface area (Å²) in [7, 11) is 0. The van der Waals surface area contributed by atoms with Crippen LogP contribution in [0.15, 0.2) is 24.3 Å². The molecule has 3 rings (SSSR count). The number of aryl methyl sites for hydroxylation is 2. The number of nitro groups is 1. The number of carbonyl (C=O) groups excluding carboxylic acids is 2. The molecule has 1 heterocycles. The molecule has 0 unspecified atom stereocenters. The number of ether oxygens (including phenoxy) is 1.